The molecule has 0 saturated carbocycles. The maximum Gasteiger partial charge on any atom is -0.0196 e. The molecular formula is C16H28. The molecule has 0 aromatic heterocycles. The molecule has 0 heteroatoms. The van der Waals surface area contributed by atoms with Gasteiger partial charge < -0.3 is 0 Å². The molecule has 2 atom stereocenters. The lowest BCUT2D eigenvalue weighted by Crippen LogP contribution is -2.06. The lowest BCUT2D eigenvalue weighted by molar-refractivity contribution is 0.364. The number of hydrogen-bond acceptors (Lipinski definition) is 0. The Kier molecular flexibility index (Phi) is 7.12. The number of rotatable bonds is 7. The van der Waals surface area contributed by atoms with Gasteiger partial charge in [0.25, 0.3) is 0 Å². The van der Waals surface area contributed by atoms with Crippen LogP contribution in [0.15, 0.2) is 36.5 Å². The van der Waals surface area contributed by atoms with E-state index in [1.807, 2.05) is 13.0 Å². The Morgan fingerprint density at radius 2 is 1.56 bits per heavy atom. The molecule has 0 saturated heterocycles. The van der Waals surface area contributed by atoms with Gasteiger partial charge in [-0.2, -0.15) is 0 Å². The zero-order valence-corrected chi connectivity index (χ0v) is 11.7. The molecule has 0 nitrogen and oxygen atoms in total. The molecule has 0 aliphatic heterocycles. The Bertz CT molecular complexity index is 255. The Morgan fingerprint density at radius 3 is 2.00 bits per heavy atom. The predicted octanol–water partition coefficient (Wildman–Crippen LogP) is 5.38. The first-order chi connectivity index (χ1) is 7.34. The van der Waals surface area contributed by atoms with Crippen LogP contribution in [0.4, 0.5) is 0 Å². The van der Waals surface area contributed by atoms with Gasteiger partial charge in [0.15, 0.2) is 0 Å². The fourth-order valence-corrected chi connectivity index (χ4v) is 1.45. The van der Waals surface area contributed by atoms with Gasteiger partial charge in [0, 0.05) is 0 Å². The third kappa shape index (κ3) is 6.66. The molecule has 0 fully saturated rings. The molecule has 2 unspecified atom stereocenters. The van der Waals surface area contributed by atoms with Gasteiger partial charge in [-0.05, 0) is 37.5 Å². The van der Waals surface area contributed by atoms with Gasteiger partial charge in [-0.15, -0.1) is 0 Å². The van der Waals surface area contributed by atoms with Crippen LogP contribution in [0.5, 0.6) is 0 Å². The highest BCUT2D eigenvalue weighted by Gasteiger charge is 2.10. The molecule has 0 amide bonds. The fraction of sp³-hybridized carbons (Fsp3) is 0.625. The zero-order chi connectivity index (χ0) is 12.7. The van der Waals surface area contributed by atoms with E-state index >= 15 is 0 Å². The van der Waals surface area contributed by atoms with Gasteiger partial charge in [-0.1, -0.05) is 64.2 Å². The molecule has 92 valence electrons. The molecule has 0 bridgehead atoms. The van der Waals surface area contributed by atoms with Crippen molar-refractivity contribution in [2.24, 2.45) is 17.8 Å². The van der Waals surface area contributed by atoms with Gasteiger partial charge in [0.05, 0.1) is 0 Å². The van der Waals surface area contributed by atoms with Crippen molar-refractivity contribution in [1.29, 1.82) is 0 Å². The molecule has 0 aromatic rings. The molecule has 0 spiro atoms. The van der Waals surface area contributed by atoms with Crippen molar-refractivity contribution >= 4 is 0 Å². The predicted molar refractivity (Wildman–Crippen MR) is 75.5 cm³/mol. The van der Waals surface area contributed by atoms with E-state index in [1.54, 1.807) is 0 Å². The standard InChI is InChI=1S/C16H28/c1-12(2)8-9-15(6)16(7)11-10-14(5)13(3)4/h8-9,13-14,16H,1,6,10-11H2,2-5,7H3/b9-8-. The molecular weight excluding hydrogens is 192 g/mol. The van der Waals surface area contributed by atoms with E-state index in [-0.39, 0.29) is 0 Å². The molecule has 0 N–H and O–H groups in total. The second-order valence-corrected chi connectivity index (χ2v) is 5.45. The first-order valence-electron chi connectivity index (χ1n) is 6.37. The second-order valence-electron chi connectivity index (χ2n) is 5.45. The average molecular weight is 220 g/mol. The topological polar surface area (TPSA) is 0 Å². The van der Waals surface area contributed by atoms with Crippen LogP contribution in [0, 0.1) is 17.8 Å². The molecule has 16 heavy (non-hydrogen) atoms. The lowest BCUT2D eigenvalue weighted by atomic mass is 9.87. The maximum atomic E-state index is 4.12. The van der Waals surface area contributed by atoms with E-state index in [1.165, 1.54) is 18.4 Å². The average Bonchev–Trinajstić information content (AvgIpc) is 2.21. The minimum atomic E-state index is 0.580. The third-order valence-corrected chi connectivity index (χ3v) is 3.41. The quantitative estimate of drug-likeness (QED) is 0.505. The van der Waals surface area contributed by atoms with Crippen molar-refractivity contribution in [1.82, 2.24) is 0 Å². The summed E-state index contributed by atoms with van der Waals surface area (Å²) < 4.78 is 0. The smallest absolute Gasteiger partial charge is 0.0196 e. The van der Waals surface area contributed by atoms with Crippen LogP contribution in [-0.2, 0) is 0 Å². The second kappa shape index (κ2) is 7.49. The summed E-state index contributed by atoms with van der Waals surface area (Å²) in [6, 6.07) is 0. The summed E-state index contributed by atoms with van der Waals surface area (Å²) in [6.07, 6.45) is 6.68. The van der Waals surface area contributed by atoms with E-state index in [0.717, 1.165) is 17.4 Å². The van der Waals surface area contributed by atoms with Crippen molar-refractivity contribution in [2.75, 3.05) is 0 Å². The summed E-state index contributed by atoms with van der Waals surface area (Å²) in [4.78, 5) is 0. The Morgan fingerprint density at radius 1 is 1.00 bits per heavy atom. The van der Waals surface area contributed by atoms with Crippen LogP contribution >= 0.6 is 0 Å². The Balaban J connectivity index is 4.02. The van der Waals surface area contributed by atoms with Crippen LogP contribution in [-0.4, -0.2) is 0 Å². The highest BCUT2D eigenvalue weighted by Crippen LogP contribution is 2.23. The van der Waals surface area contributed by atoms with Crippen LogP contribution in [0.2, 0.25) is 0 Å². The van der Waals surface area contributed by atoms with Crippen molar-refractivity contribution in [3.8, 4) is 0 Å². The molecule has 0 rings (SSSR count). The van der Waals surface area contributed by atoms with E-state index in [2.05, 4.69) is 46.9 Å². The fourth-order valence-electron chi connectivity index (χ4n) is 1.45. The summed E-state index contributed by atoms with van der Waals surface area (Å²) in [5, 5.41) is 0. The van der Waals surface area contributed by atoms with E-state index in [9.17, 15) is 0 Å². The summed E-state index contributed by atoms with van der Waals surface area (Å²) in [5.74, 6) is 2.17. The minimum absolute atomic E-state index is 0.580. The monoisotopic (exact) mass is 220 g/mol. The first-order valence-corrected chi connectivity index (χ1v) is 6.37. The Labute approximate surface area is 102 Å². The summed E-state index contributed by atoms with van der Waals surface area (Å²) in [6.45, 7) is 19.2. The van der Waals surface area contributed by atoms with Gasteiger partial charge in [0.2, 0.25) is 0 Å². The van der Waals surface area contributed by atoms with Gasteiger partial charge in [0.1, 0.15) is 0 Å². The SMILES string of the molecule is C=C(C)/C=C\C(=C)C(C)CCC(C)C(C)C. The number of allylic oxidation sites excluding steroid dienone is 4. The third-order valence-electron chi connectivity index (χ3n) is 3.41. The lowest BCUT2D eigenvalue weighted by Gasteiger charge is -2.18. The van der Waals surface area contributed by atoms with Crippen LogP contribution in [0.3, 0.4) is 0 Å². The first kappa shape index (κ1) is 15.2. The van der Waals surface area contributed by atoms with Crippen LogP contribution in [0.1, 0.15) is 47.5 Å². The molecule has 0 radical (unpaired) electrons. The summed E-state index contributed by atoms with van der Waals surface area (Å²) in [5.41, 5.74) is 2.31. The van der Waals surface area contributed by atoms with Gasteiger partial charge in [-0.25, -0.2) is 0 Å². The normalized spacial score (nSPS) is 15.4. The molecule has 0 aliphatic rings. The van der Waals surface area contributed by atoms with Crippen molar-refractivity contribution in [3.63, 3.8) is 0 Å². The highest BCUT2D eigenvalue weighted by atomic mass is 14.2. The van der Waals surface area contributed by atoms with Crippen LogP contribution < -0.4 is 0 Å². The van der Waals surface area contributed by atoms with Gasteiger partial charge in [-0.3, -0.25) is 0 Å². The van der Waals surface area contributed by atoms with Crippen molar-refractivity contribution in [2.45, 2.75) is 47.5 Å². The zero-order valence-electron chi connectivity index (χ0n) is 11.7. The molecule has 0 heterocycles. The summed E-state index contributed by atoms with van der Waals surface area (Å²) in [7, 11) is 0. The van der Waals surface area contributed by atoms with E-state index in [4.69, 9.17) is 0 Å². The van der Waals surface area contributed by atoms with Crippen molar-refractivity contribution in [3.05, 3.63) is 36.5 Å². The minimum Gasteiger partial charge on any atom is -0.0961 e. The maximum absolute atomic E-state index is 4.12. The van der Waals surface area contributed by atoms with Gasteiger partial charge >= 0.3 is 0 Å². The Hall–Kier alpha value is -0.780. The van der Waals surface area contributed by atoms with Crippen LogP contribution in [0.25, 0.3) is 0 Å². The summed E-state index contributed by atoms with van der Waals surface area (Å²) >= 11 is 0. The number of hydrogen-bond donors (Lipinski definition) is 0. The van der Waals surface area contributed by atoms with Crippen molar-refractivity contribution < 1.29 is 0 Å². The molecule has 0 aliphatic carbocycles. The molecule has 0 aromatic carbocycles. The van der Waals surface area contributed by atoms with E-state index < -0.39 is 0 Å². The largest absolute Gasteiger partial charge is 0.0961 e. The van der Waals surface area contributed by atoms with E-state index in [0.29, 0.717) is 5.92 Å². The highest BCUT2D eigenvalue weighted by molar-refractivity contribution is 5.24.